The van der Waals surface area contributed by atoms with Gasteiger partial charge in [-0.3, -0.25) is 0 Å². The van der Waals surface area contributed by atoms with Crippen LogP contribution in [0, 0.1) is 0 Å². The Morgan fingerprint density at radius 3 is 2.86 bits per heavy atom. The molecule has 1 aliphatic rings. The van der Waals surface area contributed by atoms with Gasteiger partial charge in [-0.15, -0.1) is 0 Å². The number of methoxy groups -OCH3 is 1. The van der Waals surface area contributed by atoms with Gasteiger partial charge in [0.25, 0.3) is 0 Å². The van der Waals surface area contributed by atoms with Gasteiger partial charge >= 0.3 is 0 Å². The molecule has 1 N–H and O–H groups in total. The van der Waals surface area contributed by atoms with Crippen molar-refractivity contribution in [3.63, 3.8) is 0 Å². The largest absolute Gasteiger partial charge is 0.497 e. The molecular weight excluding hydrogens is 280 g/mol. The predicted molar refractivity (Wildman–Crippen MR) is 85.3 cm³/mol. The summed E-state index contributed by atoms with van der Waals surface area (Å²) in [6.45, 7) is 0.929. The summed E-state index contributed by atoms with van der Waals surface area (Å²) in [4.78, 5) is 2.79. The van der Waals surface area contributed by atoms with Crippen LogP contribution in [0.3, 0.4) is 0 Å². The SMILES string of the molecule is COc1ccc(-c2cccc3c2O[C@H](CN=[N+]=[N-])CN3)cc1. The van der Waals surface area contributed by atoms with E-state index >= 15 is 0 Å². The second kappa shape index (κ2) is 6.28. The van der Waals surface area contributed by atoms with Gasteiger partial charge in [0.05, 0.1) is 25.9 Å². The van der Waals surface area contributed by atoms with Gasteiger partial charge in [0.1, 0.15) is 11.9 Å². The minimum absolute atomic E-state index is 0.164. The maximum Gasteiger partial charge on any atom is 0.150 e. The molecule has 0 aliphatic carbocycles. The maximum atomic E-state index is 8.44. The predicted octanol–water partition coefficient (Wildman–Crippen LogP) is 3.85. The minimum Gasteiger partial charge on any atom is -0.497 e. The Morgan fingerprint density at radius 1 is 1.32 bits per heavy atom. The summed E-state index contributed by atoms with van der Waals surface area (Å²) in [7, 11) is 1.65. The molecule has 22 heavy (non-hydrogen) atoms. The number of hydrogen-bond donors (Lipinski definition) is 1. The van der Waals surface area contributed by atoms with E-state index in [0.717, 1.165) is 28.3 Å². The second-order valence-corrected chi connectivity index (χ2v) is 4.94. The highest BCUT2D eigenvalue weighted by Gasteiger charge is 2.21. The summed E-state index contributed by atoms with van der Waals surface area (Å²) >= 11 is 0. The standard InChI is InChI=1S/C16H16N4O2/c1-21-12-7-5-11(6-8-12)14-3-2-4-15-16(14)22-13(9-18-15)10-19-20-17/h2-8,13,18H,9-10H2,1H3/t13-/m0/s1. The number of ether oxygens (including phenoxy) is 2. The van der Waals surface area contributed by atoms with Crippen LogP contribution in [-0.4, -0.2) is 26.3 Å². The monoisotopic (exact) mass is 296 g/mol. The highest BCUT2D eigenvalue weighted by Crippen LogP contribution is 2.39. The van der Waals surface area contributed by atoms with Crippen molar-refractivity contribution in [1.29, 1.82) is 0 Å². The van der Waals surface area contributed by atoms with E-state index in [2.05, 4.69) is 15.3 Å². The Hall–Kier alpha value is -2.85. The molecule has 1 heterocycles. The van der Waals surface area contributed by atoms with Crippen molar-refractivity contribution in [3.8, 4) is 22.6 Å². The zero-order chi connectivity index (χ0) is 15.4. The van der Waals surface area contributed by atoms with Crippen molar-refractivity contribution in [1.82, 2.24) is 0 Å². The zero-order valence-electron chi connectivity index (χ0n) is 12.2. The van der Waals surface area contributed by atoms with Gasteiger partial charge in [0, 0.05) is 10.5 Å². The number of azide groups is 1. The number of benzene rings is 2. The van der Waals surface area contributed by atoms with E-state index in [0.29, 0.717) is 13.1 Å². The fourth-order valence-electron chi connectivity index (χ4n) is 2.46. The van der Waals surface area contributed by atoms with Gasteiger partial charge in [0.15, 0.2) is 5.75 Å². The topological polar surface area (TPSA) is 79.2 Å². The molecule has 6 nitrogen and oxygen atoms in total. The van der Waals surface area contributed by atoms with Crippen LogP contribution in [0.5, 0.6) is 11.5 Å². The molecule has 2 aromatic carbocycles. The van der Waals surface area contributed by atoms with E-state index in [4.69, 9.17) is 15.0 Å². The number of fused-ring (bicyclic) bond motifs is 1. The lowest BCUT2D eigenvalue weighted by Crippen LogP contribution is -2.33. The van der Waals surface area contributed by atoms with Gasteiger partial charge in [-0.2, -0.15) is 0 Å². The Morgan fingerprint density at radius 2 is 2.14 bits per heavy atom. The highest BCUT2D eigenvalue weighted by molar-refractivity contribution is 5.79. The van der Waals surface area contributed by atoms with Crippen LogP contribution in [0.4, 0.5) is 5.69 Å². The van der Waals surface area contributed by atoms with Gasteiger partial charge < -0.3 is 14.8 Å². The molecule has 0 unspecified atom stereocenters. The summed E-state index contributed by atoms with van der Waals surface area (Å²) in [6.07, 6.45) is -0.164. The van der Waals surface area contributed by atoms with E-state index in [1.807, 2.05) is 42.5 Å². The summed E-state index contributed by atoms with van der Waals surface area (Å²) in [5, 5.41) is 6.91. The van der Waals surface area contributed by atoms with E-state index in [1.165, 1.54) is 0 Å². The lowest BCUT2D eigenvalue weighted by atomic mass is 10.0. The quantitative estimate of drug-likeness (QED) is 0.528. The van der Waals surface area contributed by atoms with Gasteiger partial charge in [-0.1, -0.05) is 29.4 Å². The van der Waals surface area contributed by atoms with Crippen molar-refractivity contribution in [3.05, 3.63) is 52.9 Å². The van der Waals surface area contributed by atoms with Crippen molar-refractivity contribution in [2.75, 3.05) is 25.5 Å². The van der Waals surface area contributed by atoms with Crippen LogP contribution >= 0.6 is 0 Å². The van der Waals surface area contributed by atoms with Crippen LogP contribution in [0.25, 0.3) is 21.6 Å². The minimum atomic E-state index is -0.164. The fourth-order valence-corrected chi connectivity index (χ4v) is 2.46. The normalized spacial score (nSPS) is 15.8. The first kappa shape index (κ1) is 14.1. The summed E-state index contributed by atoms with van der Waals surface area (Å²) in [5.74, 6) is 1.60. The Labute approximate surface area is 128 Å². The Bertz CT molecular complexity index is 709. The molecule has 3 rings (SSSR count). The van der Waals surface area contributed by atoms with Gasteiger partial charge in [-0.05, 0) is 29.3 Å². The molecule has 0 amide bonds. The van der Waals surface area contributed by atoms with Crippen LogP contribution in [-0.2, 0) is 0 Å². The first-order valence-electron chi connectivity index (χ1n) is 7.00. The molecule has 112 valence electrons. The summed E-state index contributed by atoms with van der Waals surface area (Å²) < 4.78 is 11.2. The van der Waals surface area contributed by atoms with E-state index < -0.39 is 0 Å². The zero-order valence-corrected chi connectivity index (χ0v) is 12.2. The average molecular weight is 296 g/mol. The molecule has 0 spiro atoms. The molecule has 2 aromatic rings. The van der Waals surface area contributed by atoms with Crippen molar-refractivity contribution in [2.45, 2.75) is 6.10 Å². The molecule has 0 radical (unpaired) electrons. The van der Waals surface area contributed by atoms with E-state index in [-0.39, 0.29) is 6.10 Å². The molecule has 0 fully saturated rings. The van der Waals surface area contributed by atoms with E-state index in [9.17, 15) is 0 Å². The molecule has 0 bridgehead atoms. The number of anilines is 1. The molecule has 0 saturated carbocycles. The van der Waals surface area contributed by atoms with Crippen LogP contribution < -0.4 is 14.8 Å². The maximum absolute atomic E-state index is 8.44. The van der Waals surface area contributed by atoms with Gasteiger partial charge in [0.2, 0.25) is 0 Å². The van der Waals surface area contributed by atoms with Crippen molar-refractivity contribution >= 4 is 5.69 Å². The number of nitrogens with one attached hydrogen (secondary N) is 1. The first-order chi connectivity index (χ1) is 10.8. The average Bonchev–Trinajstić information content (AvgIpc) is 2.59. The number of hydrogen-bond acceptors (Lipinski definition) is 4. The lowest BCUT2D eigenvalue weighted by Gasteiger charge is -2.28. The third-order valence-electron chi connectivity index (χ3n) is 3.57. The van der Waals surface area contributed by atoms with Crippen molar-refractivity contribution < 1.29 is 9.47 Å². The lowest BCUT2D eigenvalue weighted by molar-refractivity contribution is 0.215. The van der Waals surface area contributed by atoms with Gasteiger partial charge in [-0.25, -0.2) is 0 Å². The Balaban J connectivity index is 1.94. The second-order valence-electron chi connectivity index (χ2n) is 4.94. The molecule has 1 aliphatic heterocycles. The van der Waals surface area contributed by atoms with Crippen molar-refractivity contribution in [2.24, 2.45) is 5.11 Å². The molecule has 0 aromatic heterocycles. The number of nitrogens with zero attached hydrogens (tertiary/aromatic N) is 3. The van der Waals surface area contributed by atoms with E-state index in [1.54, 1.807) is 7.11 Å². The molecule has 0 saturated heterocycles. The third kappa shape index (κ3) is 2.77. The molecular formula is C16H16N4O2. The summed E-state index contributed by atoms with van der Waals surface area (Å²) in [6, 6.07) is 13.8. The first-order valence-corrected chi connectivity index (χ1v) is 7.00. The number of para-hydroxylation sites is 1. The molecule has 6 heteroatoms. The van der Waals surface area contributed by atoms with Crippen LogP contribution in [0.2, 0.25) is 0 Å². The van der Waals surface area contributed by atoms with Crippen LogP contribution in [0.1, 0.15) is 0 Å². The number of rotatable bonds is 4. The fraction of sp³-hybridized carbons (Fsp3) is 0.250. The smallest absolute Gasteiger partial charge is 0.150 e. The van der Waals surface area contributed by atoms with Crippen LogP contribution in [0.15, 0.2) is 47.6 Å². The Kier molecular flexibility index (Phi) is 4.03. The third-order valence-corrected chi connectivity index (χ3v) is 3.57. The summed E-state index contributed by atoms with van der Waals surface area (Å²) in [5.41, 5.74) is 11.4. The highest BCUT2D eigenvalue weighted by atomic mass is 16.5. The molecule has 1 atom stereocenters.